The summed E-state index contributed by atoms with van der Waals surface area (Å²) in [6.07, 6.45) is -5.61. The van der Waals surface area contributed by atoms with Gasteiger partial charge >= 0.3 is 6.18 Å². The highest BCUT2D eigenvalue weighted by Gasteiger charge is 2.31. The lowest BCUT2D eigenvalue weighted by Gasteiger charge is -2.19. The molecular weight excluding hydrogens is 381 g/mol. The minimum absolute atomic E-state index is 0.00850. The second-order valence-corrected chi connectivity index (χ2v) is 6.11. The molecule has 1 amide bonds. The van der Waals surface area contributed by atoms with Gasteiger partial charge in [-0.3, -0.25) is 4.79 Å². The molecule has 0 heterocycles. The molecule has 0 bridgehead atoms. The van der Waals surface area contributed by atoms with E-state index in [9.17, 15) is 18.0 Å². The quantitative estimate of drug-likeness (QED) is 0.634. The van der Waals surface area contributed by atoms with Gasteiger partial charge < -0.3 is 10.1 Å². The molecule has 0 spiro atoms. The fourth-order valence-electron chi connectivity index (χ4n) is 2.63. The van der Waals surface area contributed by atoms with E-state index >= 15 is 0 Å². The number of nitrogens with one attached hydrogen (secondary N) is 1. The standard InChI is InChI=1S/C22H15F3N2O2/c23-22(24,25)17-7-4-8-18(13-17)27-21(28)20(16-5-2-1-3-6-16)29-19-11-9-15(14-26)10-12-19/h1-13,20H,(H,27,28)/t20-/m1/s1. The molecule has 0 saturated carbocycles. The number of amides is 1. The predicted octanol–water partition coefficient (Wildman–Crippen LogP) is 5.34. The van der Waals surface area contributed by atoms with Gasteiger partial charge in [-0.25, -0.2) is 0 Å². The van der Waals surface area contributed by atoms with Crippen molar-refractivity contribution in [1.82, 2.24) is 0 Å². The molecule has 0 aliphatic carbocycles. The Hall–Kier alpha value is -3.79. The average molecular weight is 396 g/mol. The number of nitriles is 1. The summed E-state index contributed by atoms with van der Waals surface area (Å²) in [4.78, 5) is 12.8. The number of hydrogen-bond acceptors (Lipinski definition) is 3. The lowest BCUT2D eigenvalue weighted by Crippen LogP contribution is -2.25. The van der Waals surface area contributed by atoms with Crippen LogP contribution in [0.25, 0.3) is 0 Å². The maximum absolute atomic E-state index is 12.9. The predicted molar refractivity (Wildman–Crippen MR) is 101 cm³/mol. The molecule has 0 unspecified atom stereocenters. The summed E-state index contributed by atoms with van der Waals surface area (Å²) < 4.78 is 44.5. The molecule has 0 aliphatic rings. The van der Waals surface area contributed by atoms with E-state index in [1.165, 1.54) is 12.1 Å². The summed E-state index contributed by atoms with van der Waals surface area (Å²) >= 11 is 0. The van der Waals surface area contributed by atoms with Crippen LogP contribution in [0.1, 0.15) is 22.8 Å². The van der Waals surface area contributed by atoms with Gasteiger partial charge in [0.05, 0.1) is 17.2 Å². The van der Waals surface area contributed by atoms with Crippen LogP contribution >= 0.6 is 0 Å². The van der Waals surface area contributed by atoms with Crippen molar-refractivity contribution in [3.8, 4) is 11.8 Å². The first-order chi connectivity index (χ1) is 13.9. The summed E-state index contributed by atoms with van der Waals surface area (Å²) in [6.45, 7) is 0. The van der Waals surface area contributed by atoms with Gasteiger partial charge in [0, 0.05) is 11.3 Å². The van der Waals surface area contributed by atoms with E-state index in [1.807, 2.05) is 6.07 Å². The van der Waals surface area contributed by atoms with Gasteiger partial charge in [0.1, 0.15) is 5.75 Å². The lowest BCUT2D eigenvalue weighted by atomic mass is 10.1. The van der Waals surface area contributed by atoms with E-state index in [4.69, 9.17) is 10.00 Å². The number of carbonyl (C=O) groups is 1. The Bertz CT molecular complexity index is 1030. The molecule has 0 saturated heterocycles. The molecule has 4 nitrogen and oxygen atoms in total. The van der Waals surface area contributed by atoms with E-state index in [0.29, 0.717) is 16.9 Å². The summed E-state index contributed by atoms with van der Waals surface area (Å²) in [7, 11) is 0. The van der Waals surface area contributed by atoms with Gasteiger partial charge in [-0.05, 0) is 42.5 Å². The largest absolute Gasteiger partial charge is 0.476 e. The number of carbonyl (C=O) groups excluding carboxylic acids is 1. The first-order valence-corrected chi connectivity index (χ1v) is 8.57. The van der Waals surface area contributed by atoms with Crippen molar-refractivity contribution < 1.29 is 22.7 Å². The molecule has 146 valence electrons. The number of halogens is 3. The third-order valence-corrected chi connectivity index (χ3v) is 4.04. The fraction of sp³-hybridized carbons (Fsp3) is 0.0909. The van der Waals surface area contributed by atoms with Crippen molar-refractivity contribution in [2.45, 2.75) is 12.3 Å². The van der Waals surface area contributed by atoms with Crippen LogP contribution in [0.15, 0.2) is 78.9 Å². The topological polar surface area (TPSA) is 62.1 Å². The summed E-state index contributed by atoms with van der Waals surface area (Å²) in [5.41, 5.74) is 0.108. The zero-order valence-corrected chi connectivity index (χ0v) is 15.0. The first-order valence-electron chi connectivity index (χ1n) is 8.57. The zero-order valence-electron chi connectivity index (χ0n) is 15.0. The molecule has 29 heavy (non-hydrogen) atoms. The summed E-state index contributed by atoms with van der Waals surface area (Å²) in [5, 5.41) is 11.4. The highest BCUT2D eigenvalue weighted by atomic mass is 19.4. The van der Waals surface area contributed by atoms with Crippen molar-refractivity contribution in [1.29, 1.82) is 5.26 Å². The van der Waals surface area contributed by atoms with Crippen molar-refractivity contribution in [3.63, 3.8) is 0 Å². The third-order valence-electron chi connectivity index (χ3n) is 4.04. The van der Waals surface area contributed by atoms with Gasteiger partial charge in [-0.2, -0.15) is 18.4 Å². The maximum atomic E-state index is 12.9. The Morgan fingerprint density at radius 3 is 2.28 bits per heavy atom. The number of alkyl halides is 3. The van der Waals surface area contributed by atoms with Crippen LogP contribution in [0.5, 0.6) is 5.75 Å². The van der Waals surface area contributed by atoms with Crippen molar-refractivity contribution >= 4 is 11.6 Å². The second kappa shape index (κ2) is 8.48. The third kappa shape index (κ3) is 5.14. The van der Waals surface area contributed by atoms with Crippen molar-refractivity contribution in [2.75, 3.05) is 5.32 Å². The van der Waals surface area contributed by atoms with Crippen LogP contribution in [0, 0.1) is 11.3 Å². The summed E-state index contributed by atoms with van der Waals surface area (Å²) in [5.74, 6) is -0.281. The second-order valence-electron chi connectivity index (χ2n) is 6.11. The van der Waals surface area contributed by atoms with Crippen LogP contribution < -0.4 is 10.1 Å². The molecule has 3 rings (SSSR count). The molecular formula is C22H15F3N2O2. The Balaban J connectivity index is 1.86. The van der Waals surface area contributed by atoms with E-state index < -0.39 is 23.8 Å². The average Bonchev–Trinajstić information content (AvgIpc) is 2.72. The number of anilines is 1. The van der Waals surface area contributed by atoms with Crippen LogP contribution in [0.4, 0.5) is 18.9 Å². The zero-order chi connectivity index (χ0) is 20.9. The van der Waals surface area contributed by atoms with Crippen LogP contribution in [-0.2, 0) is 11.0 Å². The number of rotatable bonds is 5. The van der Waals surface area contributed by atoms with Crippen LogP contribution in [-0.4, -0.2) is 5.91 Å². The molecule has 1 atom stereocenters. The van der Waals surface area contributed by atoms with E-state index in [2.05, 4.69) is 5.32 Å². The van der Waals surface area contributed by atoms with Crippen molar-refractivity contribution in [3.05, 3.63) is 95.6 Å². The number of ether oxygens (including phenoxy) is 1. The molecule has 3 aromatic rings. The Morgan fingerprint density at radius 1 is 0.966 bits per heavy atom. The van der Waals surface area contributed by atoms with Gasteiger partial charge in [0.2, 0.25) is 6.10 Å². The highest BCUT2D eigenvalue weighted by Crippen LogP contribution is 2.31. The highest BCUT2D eigenvalue weighted by molar-refractivity contribution is 5.95. The van der Waals surface area contributed by atoms with Crippen molar-refractivity contribution in [2.24, 2.45) is 0 Å². The van der Waals surface area contributed by atoms with E-state index in [0.717, 1.165) is 12.1 Å². The fourth-order valence-corrected chi connectivity index (χ4v) is 2.63. The van der Waals surface area contributed by atoms with E-state index in [1.54, 1.807) is 54.6 Å². The molecule has 0 aromatic heterocycles. The van der Waals surface area contributed by atoms with Gasteiger partial charge in [-0.15, -0.1) is 0 Å². The number of benzene rings is 3. The molecule has 0 aliphatic heterocycles. The smallest absolute Gasteiger partial charge is 0.416 e. The summed E-state index contributed by atoms with van der Waals surface area (Å²) in [6, 6.07) is 21.1. The molecule has 0 fully saturated rings. The lowest BCUT2D eigenvalue weighted by molar-refractivity contribution is -0.137. The number of hydrogen-bond donors (Lipinski definition) is 1. The van der Waals surface area contributed by atoms with Crippen LogP contribution in [0.3, 0.4) is 0 Å². The maximum Gasteiger partial charge on any atom is 0.416 e. The van der Waals surface area contributed by atoms with Crippen LogP contribution in [0.2, 0.25) is 0 Å². The number of nitrogens with zero attached hydrogens (tertiary/aromatic N) is 1. The normalized spacial score (nSPS) is 11.9. The monoisotopic (exact) mass is 396 g/mol. The minimum atomic E-state index is -4.52. The molecule has 3 aromatic carbocycles. The van der Waals surface area contributed by atoms with Gasteiger partial charge in [0.15, 0.2) is 0 Å². The molecule has 1 N–H and O–H groups in total. The Kier molecular flexibility index (Phi) is 5.84. The first kappa shape index (κ1) is 20.0. The Morgan fingerprint density at radius 2 is 1.66 bits per heavy atom. The molecule has 0 radical (unpaired) electrons. The van der Waals surface area contributed by atoms with Gasteiger partial charge in [0.25, 0.3) is 5.91 Å². The van der Waals surface area contributed by atoms with Gasteiger partial charge in [-0.1, -0.05) is 36.4 Å². The Labute approximate surface area is 165 Å². The molecule has 7 heteroatoms. The SMILES string of the molecule is N#Cc1ccc(O[C@@H](C(=O)Nc2cccc(C(F)(F)F)c2)c2ccccc2)cc1. The minimum Gasteiger partial charge on any atom is -0.476 e. The van der Waals surface area contributed by atoms with E-state index in [-0.39, 0.29) is 5.69 Å².